The van der Waals surface area contributed by atoms with E-state index in [-0.39, 0.29) is 29.4 Å². The van der Waals surface area contributed by atoms with Gasteiger partial charge in [-0.1, -0.05) is 25.1 Å². The first-order valence-corrected chi connectivity index (χ1v) is 10.2. The smallest absolute Gasteiger partial charge is 0.276 e. The second kappa shape index (κ2) is 9.55. The van der Waals surface area contributed by atoms with Gasteiger partial charge < -0.3 is 9.64 Å². The van der Waals surface area contributed by atoms with Gasteiger partial charge in [-0.2, -0.15) is 10.1 Å². The Bertz CT molecular complexity index is 1010. The molecule has 1 fully saturated rings. The summed E-state index contributed by atoms with van der Waals surface area (Å²) in [6.07, 6.45) is -0.681. The lowest BCUT2D eigenvalue weighted by Crippen LogP contribution is -2.44. The van der Waals surface area contributed by atoms with E-state index in [9.17, 15) is 13.6 Å². The zero-order chi connectivity index (χ0) is 22.7. The number of alkyl halides is 2. The molecule has 1 aromatic heterocycles. The lowest BCUT2D eigenvalue weighted by molar-refractivity contribution is 0.0653. The van der Waals surface area contributed by atoms with Gasteiger partial charge in [0.1, 0.15) is 12.1 Å². The van der Waals surface area contributed by atoms with Gasteiger partial charge in [-0.25, -0.2) is 18.5 Å². The van der Waals surface area contributed by atoms with Gasteiger partial charge in [0.25, 0.3) is 18.3 Å². The van der Waals surface area contributed by atoms with Crippen LogP contribution >= 0.6 is 11.6 Å². The average molecular weight is 452 g/mol. The standard InChI is InChI=1S/C21H24ClF2N5O2/c1-12-7-8-28(20(30)15-5-6-17(22)18(9-15)31-4)10-16(12)14(3)29-21(25-11-26-29)27-13(2)19(23)24/h5-6,9,11-12,16,19H,3,7-8,10H2,1-2,4H3/t12-,16-/m1/s1. The number of amides is 1. The maximum atomic E-state index is 13.1. The molecule has 0 bridgehead atoms. The predicted octanol–water partition coefficient (Wildman–Crippen LogP) is 4.57. The first-order valence-electron chi connectivity index (χ1n) is 9.78. The van der Waals surface area contributed by atoms with Crippen LogP contribution in [0.15, 0.2) is 36.1 Å². The number of carbonyl (C=O) groups excluding carboxylic acids is 1. The van der Waals surface area contributed by atoms with Crippen LogP contribution in [0.1, 0.15) is 30.6 Å². The number of carbonyl (C=O) groups is 1. The summed E-state index contributed by atoms with van der Waals surface area (Å²) in [5, 5.41) is 4.54. The fourth-order valence-electron chi connectivity index (χ4n) is 3.54. The fraction of sp³-hybridized carbons (Fsp3) is 0.429. The number of hydrogen-bond acceptors (Lipinski definition) is 5. The SMILES string of the molecule is C=C([C@@H]1CN(C(=O)c2ccc(Cl)c(OC)c2)CC[C@H]1C)n1ncnc1N=C(C)C(F)F. The second-order valence-electron chi connectivity index (χ2n) is 7.49. The van der Waals surface area contributed by atoms with Gasteiger partial charge in [-0.05, 0) is 37.5 Å². The zero-order valence-electron chi connectivity index (χ0n) is 17.6. The summed E-state index contributed by atoms with van der Waals surface area (Å²) in [6, 6.07) is 4.90. The van der Waals surface area contributed by atoms with Crippen molar-refractivity contribution in [2.24, 2.45) is 16.8 Å². The van der Waals surface area contributed by atoms with Crippen molar-refractivity contribution in [1.82, 2.24) is 19.7 Å². The fourth-order valence-corrected chi connectivity index (χ4v) is 3.74. The highest BCUT2D eigenvalue weighted by molar-refractivity contribution is 6.32. The maximum absolute atomic E-state index is 13.1. The molecule has 31 heavy (non-hydrogen) atoms. The molecule has 0 radical (unpaired) electrons. The van der Waals surface area contributed by atoms with E-state index in [4.69, 9.17) is 16.3 Å². The molecule has 1 aliphatic heterocycles. The summed E-state index contributed by atoms with van der Waals surface area (Å²) in [7, 11) is 1.49. The van der Waals surface area contributed by atoms with Gasteiger partial charge in [-0.15, -0.1) is 0 Å². The number of likely N-dealkylation sites (tertiary alicyclic amines) is 1. The van der Waals surface area contributed by atoms with Crippen LogP contribution in [-0.4, -0.2) is 57.9 Å². The van der Waals surface area contributed by atoms with Gasteiger partial charge in [-0.3, -0.25) is 4.79 Å². The van der Waals surface area contributed by atoms with Crippen molar-refractivity contribution in [3.8, 4) is 5.75 Å². The molecule has 1 aliphatic rings. The largest absolute Gasteiger partial charge is 0.495 e. The van der Waals surface area contributed by atoms with Gasteiger partial charge in [0.05, 0.1) is 17.8 Å². The lowest BCUT2D eigenvalue weighted by Gasteiger charge is -2.38. The van der Waals surface area contributed by atoms with Crippen LogP contribution in [0, 0.1) is 11.8 Å². The maximum Gasteiger partial charge on any atom is 0.276 e. The Balaban J connectivity index is 1.82. The van der Waals surface area contributed by atoms with E-state index in [0.717, 1.165) is 6.42 Å². The number of benzene rings is 1. The summed E-state index contributed by atoms with van der Waals surface area (Å²) in [4.78, 5) is 22.7. The van der Waals surface area contributed by atoms with Gasteiger partial charge in [0.2, 0.25) is 0 Å². The summed E-state index contributed by atoms with van der Waals surface area (Å²) in [5.41, 5.74) is 0.669. The second-order valence-corrected chi connectivity index (χ2v) is 7.90. The first kappa shape index (κ1) is 22.9. The normalized spacial score (nSPS) is 19.6. The summed E-state index contributed by atoms with van der Waals surface area (Å²) in [5.74, 6) is 0.382. The van der Waals surface area contributed by atoms with E-state index in [1.807, 2.05) is 0 Å². The Hall–Kier alpha value is -2.81. The van der Waals surface area contributed by atoms with E-state index >= 15 is 0 Å². The van der Waals surface area contributed by atoms with Crippen molar-refractivity contribution in [2.45, 2.75) is 26.7 Å². The molecule has 166 valence electrons. The minimum atomic E-state index is -2.68. The molecule has 2 aromatic rings. The summed E-state index contributed by atoms with van der Waals surface area (Å²) < 4.78 is 32.3. The topological polar surface area (TPSA) is 72.6 Å². The first-order chi connectivity index (χ1) is 14.7. The molecule has 0 saturated carbocycles. The molecule has 0 unspecified atom stereocenters. The Kier molecular flexibility index (Phi) is 7.04. The van der Waals surface area contributed by atoms with Crippen LogP contribution < -0.4 is 4.74 Å². The molecular formula is C21H24ClF2N5O2. The Morgan fingerprint density at radius 3 is 2.84 bits per heavy atom. The van der Waals surface area contributed by atoms with Crippen molar-refractivity contribution in [1.29, 1.82) is 0 Å². The molecule has 2 heterocycles. The minimum Gasteiger partial charge on any atom is -0.495 e. The van der Waals surface area contributed by atoms with E-state index in [0.29, 0.717) is 35.1 Å². The third-order valence-corrected chi connectivity index (χ3v) is 5.78. The van der Waals surface area contributed by atoms with Crippen molar-refractivity contribution in [2.75, 3.05) is 20.2 Å². The van der Waals surface area contributed by atoms with Crippen LogP contribution in [0.5, 0.6) is 5.75 Å². The Labute approximate surface area is 184 Å². The van der Waals surface area contributed by atoms with Crippen molar-refractivity contribution < 1.29 is 18.3 Å². The highest BCUT2D eigenvalue weighted by Crippen LogP contribution is 2.33. The molecule has 10 heteroatoms. The van der Waals surface area contributed by atoms with Crippen LogP contribution in [0.25, 0.3) is 5.70 Å². The van der Waals surface area contributed by atoms with Gasteiger partial charge in [0.15, 0.2) is 0 Å². The number of methoxy groups -OCH3 is 1. The lowest BCUT2D eigenvalue weighted by atomic mass is 9.84. The number of piperidine rings is 1. The molecule has 1 amide bonds. The average Bonchev–Trinajstić information content (AvgIpc) is 3.21. The number of aromatic nitrogens is 3. The molecule has 3 rings (SSSR count). The van der Waals surface area contributed by atoms with E-state index < -0.39 is 6.43 Å². The third-order valence-electron chi connectivity index (χ3n) is 5.47. The third kappa shape index (κ3) is 4.92. The Morgan fingerprint density at radius 2 is 2.16 bits per heavy atom. The number of hydrogen-bond donors (Lipinski definition) is 0. The van der Waals surface area contributed by atoms with Crippen LogP contribution in [0.4, 0.5) is 14.7 Å². The number of ether oxygens (including phenoxy) is 1. The highest BCUT2D eigenvalue weighted by Gasteiger charge is 2.33. The predicted molar refractivity (Wildman–Crippen MR) is 115 cm³/mol. The van der Waals surface area contributed by atoms with Crippen LogP contribution in [0.3, 0.4) is 0 Å². The van der Waals surface area contributed by atoms with Crippen LogP contribution in [-0.2, 0) is 0 Å². The molecule has 0 N–H and O–H groups in total. The molecule has 0 spiro atoms. The molecule has 0 aliphatic carbocycles. The van der Waals surface area contributed by atoms with Crippen molar-refractivity contribution >= 4 is 34.9 Å². The quantitative estimate of drug-likeness (QED) is 0.603. The van der Waals surface area contributed by atoms with Crippen molar-refractivity contribution in [3.05, 3.63) is 41.7 Å². The summed E-state index contributed by atoms with van der Waals surface area (Å²) in [6.45, 7) is 8.40. The van der Waals surface area contributed by atoms with Gasteiger partial charge in [0, 0.05) is 30.3 Å². The molecule has 2 atom stereocenters. The number of rotatable bonds is 6. The van der Waals surface area contributed by atoms with Crippen molar-refractivity contribution in [3.63, 3.8) is 0 Å². The van der Waals surface area contributed by atoms with Crippen LogP contribution in [0.2, 0.25) is 5.02 Å². The molecular weight excluding hydrogens is 428 g/mol. The molecule has 7 nitrogen and oxygen atoms in total. The monoisotopic (exact) mass is 451 g/mol. The van der Waals surface area contributed by atoms with E-state index in [1.54, 1.807) is 23.1 Å². The highest BCUT2D eigenvalue weighted by atomic mass is 35.5. The number of aliphatic imine (C=N–C) groups is 1. The zero-order valence-corrected chi connectivity index (χ0v) is 18.3. The number of nitrogens with zero attached hydrogens (tertiary/aromatic N) is 5. The van der Waals surface area contributed by atoms with E-state index in [1.165, 1.54) is 25.0 Å². The Morgan fingerprint density at radius 1 is 1.42 bits per heavy atom. The van der Waals surface area contributed by atoms with E-state index in [2.05, 4.69) is 28.6 Å². The summed E-state index contributed by atoms with van der Waals surface area (Å²) >= 11 is 6.06. The molecule has 1 aromatic carbocycles. The minimum absolute atomic E-state index is 0.0425. The van der Waals surface area contributed by atoms with Gasteiger partial charge >= 0.3 is 0 Å². The number of halogens is 3. The molecule has 1 saturated heterocycles.